The number of aryl methyl sites for hydroxylation is 1. The number of aromatic nitrogens is 2. The first-order valence-electron chi connectivity index (χ1n) is 6.66. The second-order valence-electron chi connectivity index (χ2n) is 4.51. The molecular formula is C16H19N3O. The summed E-state index contributed by atoms with van der Waals surface area (Å²) in [5.74, 6) is 3.53. The minimum absolute atomic E-state index is 0.0466. The summed E-state index contributed by atoms with van der Waals surface area (Å²) < 4.78 is 1.85. The first-order chi connectivity index (χ1) is 9.72. The van der Waals surface area contributed by atoms with Gasteiger partial charge in [-0.25, -0.2) is 4.68 Å². The molecule has 0 aliphatic heterocycles. The SMILES string of the molecule is C#CCN(CC)c1c(CO)c(C)nn1-c1ccccc1. The van der Waals surface area contributed by atoms with E-state index in [0.29, 0.717) is 6.54 Å². The van der Waals surface area contributed by atoms with Crippen LogP contribution in [0, 0.1) is 19.3 Å². The fourth-order valence-corrected chi connectivity index (χ4v) is 2.25. The Kier molecular flexibility index (Phi) is 4.44. The minimum atomic E-state index is -0.0466. The summed E-state index contributed by atoms with van der Waals surface area (Å²) >= 11 is 0. The van der Waals surface area contributed by atoms with E-state index < -0.39 is 0 Å². The van der Waals surface area contributed by atoms with Crippen LogP contribution < -0.4 is 4.90 Å². The second kappa shape index (κ2) is 6.27. The summed E-state index contributed by atoms with van der Waals surface area (Å²) in [5, 5.41) is 14.2. The number of benzene rings is 1. The zero-order valence-corrected chi connectivity index (χ0v) is 11.9. The van der Waals surface area contributed by atoms with Crippen LogP contribution >= 0.6 is 0 Å². The van der Waals surface area contributed by atoms with Gasteiger partial charge < -0.3 is 10.0 Å². The Morgan fingerprint density at radius 2 is 2.05 bits per heavy atom. The average molecular weight is 269 g/mol. The van der Waals surface area contributed by atoms with Gasteiger partial charge in [0.05, 0.1) is 24.5 Å². The molecule has 0 unspecified atom stereocenters. The van der Waals surface area contributed by atoms with Crippen molar-refractivity contribution in [3.63, 3.8) is 0 Å². The molecule has 0 saturated carbocycles. The molecular weight excluding hydrogens is 250 g/mol. The Morgan fingerprint density at radius 1 is 1.35 bits per heavy atom. The van der Waals surface area contributed by atoms with Crippen LogP contribution in [0.25, 0.3) is 5.69 Å². The molecule has 0 fully saturated rings. The number of aliphatic hydroxyl groups excluding tert-OH is 1. The summed E-state index contributed by atoms with van der Waals surface area (Å²) in [6.45, 7) is 5.14. The van der Waals surface area contributed by atoms with Crippen LogP contribution in [0.4, 0.5) is 5.82 Å². The second-order valence-corrected chi connectivity index (χ2v) is 4.51. The van der Waals surface area contributed by atoms with Crippen molar-refractivity contribution < 1.29 is 5.11 Å². The van der Waals surface area contributed by atoms with E-state index in [2.05, 4.69) is 11.0 Å². The lowest BCUT2D eigenvalue weighted by Gasteiger charge is -2.22. The molecule has 104 valence electrons. The third-order valence-corrected chi connectivity index (χ3v) is 3.28. The van der Waals surface area contributed by atoms with Gasteiger partial charge in [-0.3, -0.25) is 0 Å². The third kappa shape index (κ3) is 2.54. The molecule has 0 atom stereocenters. The maximum atomic E-state index is 9.64. The van der Waals surface area contributed by atoms with Gasteiger partial charge >= 0.3 is 0 Å². The van der Waals surface area contributed by atoms with Crippen LogP contribution in [0.2, 0.25) is 0 Å². The van der Waals surface area contributed by atoms with E-state index >= 15 is 0 Å². The number of nitrogens with zero attached hydrogens (tertiary/aromatic N) is 3. The first-order valence-corrected chi connectivity index (χ1v) is 6.66. The van der Waals surface area contributed by atoms with E-state index in [0.717, 1.165) is 29.3 Å². The normalized spacial score (nSPS) is 10.3. The van der Waals surface area contributed by atoms with E-state index in [1.54, 1.807) is 0 Å². The predicted molar refractivity (Wildman–Crippen MR) is 80.9 cm³/mol. The fourth-order valence-electron chi connectivity index (χ4n) is 2.25. The quantitative estimate of drug-likeness (QED) is 0.845. The number of para-hydroxylation sites is 1. The van der Waals surface area contributed by atoms with Gasteiger partial charge in [0.15, 0.2) is 0 Å². The van der Waals surface area contributed by atoms with Crippen LogP contribution in [0.3, 0.4) is 0 Å². The van der Waals surface area contributed by atoms with Gasteiger partial charge in [0.25, 0.3) is 0 Å². The zero-order valence-electron chi connectivity index (χ0n) is 11.9. The molecule has 4 heteroatoms. The van der Waals surface area contributed by atoms with Gasteiger partial charge in [0.1, 0.15) is 5.82 Å². The molecule has 2 aromatic rings. The number of terminal acetylenes is 1. The lowest BCUT2D eigenvalue weighted by Crippen LogP contribution is -2.26. The monoisotopic (exact) mass is 269 g/mol. The van der Waals surface area contributed by atoms with Gasteiger partial charge in [-0.05, 0) is 26.0 Å². The number of anilines is 1. The molecule has 1 N–H and O–H groups in total. The van der Waals surface area contributed by atoms with E-state index in [9.17, 15) is 5.11 Å². The predicted octanol–water partition coefficient (Wildman–Crippen LogP) is 2.13. The molecule has 1 aromatic heterocycles. The van der Waals surface area contributed by atoms with Crippen LogP contribution in [-0.4, -0.2) is 28.0 Å². The average Bonchev–Trinajstić information content (AvgIpc) is 2.82. The van der Waals surface area contributed by atoms with Gasteiger partial charge in [-0.15, -0.1) is 6.42 Å². The highest BCUT2D eigenvalue weighted by Crippen LogP contribution is 2.27. The highest BCUT2D eigenvalue weighted by Gasteiger charge is 2.19. The van der Waals surface area contributed by atoms with Gasteiger partial charge in [0.2, 0.25) is 0 Å². The number of hydrogen-bond acceptors (Lipinski definition) is 3. The van der Waals surface area contributed by atoms with Crippen LogP contribution in [0.15, 0.2) is 30.3 Å². The fraction of sp³-hybridized carbons (Fsp3) is 0.312. The van der Waals surface area contributed by atoms with Gasteiger partial charge in [-0.1, -0.05) is 24.1 Å². The van der Waals surface area contributed by atoms with Crippen molar-refractivity contribution in [2.75, 3.05) is 18.0 Å². The third-order valence-electron chi connectivity index (χ3n) is 3.28. The van der Waals surface area contributed by atoms with Gasteiger partial charge in [0, 0.05) is 12.1 Å². The van der Waals surface area contributed by atoms with Gasteiger partial charge in [-0.2, -0.15) is 5.10 Å². The molecule has 1 aromatic carbocycles. The van der Waals surface area contributed by atoms with Crippen molar-refractivity contribution in [1.29, 1.82) is 0 Å². The van der Waals surface area contributed by atoms with Crippen molar-refractivity contribution in [3.05, 3.63) is 41.6 Å². The Bertz CT molecular complexity index is 611. The summed E-state index contributed by atoms with van der Waals surface area (Å²) in [5.41, 5.74) is 2.61. The molecule has 0 saturated heterocycles. The maximum absolute atomic E-state index is 9.64. The molecule has 0 spiro atoms. The topological polar surface area (TPSA) is 41.3 Å². The molecule has 0 aliphatic carbocycles. The Hall–Kier alpha value is -2.25. The number of rotatable bonds is 5. The molecule has 0 bridgehead atoms. The van der Waals surface area contributed by atoms with E-state index in [-0.39, 0.29) is 6.61 Å². The summed E-state index contributed by atoms with van der Waals surface area (Å²) in [6.07, 6.45) is 5.45. The standard InChI is InChI=1S/C16H19N3O/c1-4-11-18(5-2)16-15(12-20)13(3)17-19(16)14-9-7-6-8-10-14/h1,6-10,20H,5,11-12H2,2-3H3. The van der Waals surface area contributed by atoms with E-state index in [1.807, 2.05) is 53.8 Å². The number of hydrogen-bond donors (Lipinski definition) is 1. The Morgan fingerprint density at radius 3 is 2.60 bits per heavy atom. The van der Waals surface area contributed by atoms with Crippen molar-refractivity contribution in [3.8, 4) is 18.0 Å². The molecule has 1 heterocycles. The largest absolute Gasteiger partial charge is 0.391 e. The van der Waals surface area contributed by atoms with E-state index in [4.69, 9.17) is 6.42 Å². The molecule has 20 heavy (non-hydrogen) atoms. The molecule has 0 radical (unpaired) electrons. The van der Waals surface area contributed by atoms with Crippen LogP contribution in [0.5, 0.6) is 0 Å². The van der Waals surface area contributed by atoms with Crippen LogP contribution in [0.1, 0.15) is 18.2 Å². The minimum Gasteiger partial charge on any atom is -0.391 e. The number of aliphatic hydroxyl groups is 1. The summed E-state index contributed by atoms with van der Waals surface area (Å²) in [6, 6.07) is 9.87. The Balaban J connectivity index is 2.61. The summed E-state index contributed by atoms with van der Waals surface area (Å²) in [7, 11) is 0. The van der Waals surface area contributed by atoms with Crippen LogP contribution in [-0.2, 0) is 6.61 Å². The van der Waals surface area contributed by atoms with Crippen molar-refractivity contribution in [2.45, 2.75) is 20.5 Å². The Labute approximate surface area is 119 Å². The zero-order chi connectivity index (χ0) is 14.5. The van der Waals surface area contributed by atoms with Crippen molar-refractivity contribution >= 4 is 5.82 Å². The highest BCUT2D eigenvalue weighted by molar-refractivity contribution is 5.55. The van der Waals surface area contributed by atoms with Crippen molar-refractivity contribution in [2.24, 2.45) is 0 Å². The van der Waals surface area contributed by atoms with Crippen molar-refractivity contribution in [1.82, 2.24) is 9.78 Å². The lowest BCUT2D eigenvalue weighted by molar-refractivity contribution is 0.281. The lowest BCUT2D eigenvalue weighted by atomic mass is 10.2. The molecule has 0 aliphatic rings. The maximum Gasteiger partial charge on any atom is 0.138 e. The molecule has 4 nitrogen and oxygen atoms in total. The highest BCUT2D eigenvalue weighted by atomic mass is 16.3. The molecule has 0 amide bonds. The molecule has 2 rings (SSSR count). The van der Waals surface area contributed by atoms with E-state index in [1.165, 1.54) is 0 Å². The first kappa shape index (κ1) is 14.2. The summed E-state index contributed by atoms with van der Waals surface area (Å²) in [4.78, 5) is 2.04. The smallest absolute Gasteiger partial charge is 0.138 e.